The van der Waals surface area contributed by atoms with E-state index >= 15 is 0 Å². The van der Waals surface area contributed by atoms with Gasteiger partial charge in [-0.1, -0.05) is 6.92 Å². The molecular formula is C23H31ClO4. The minimum atomic E-state index is -0.369. The maximum Gasteiger partial charge on any atom is 0.331 e. The summed E-state index contributed by atoms with van der Waals surface area (Å²) in [6.07, 6.45) is 10.0. The molecule has 0 radical (unpaired) electrons. The van der Waals surface area contributed by atoms with Crippen LogP contribution in [-0.2, 0) is 14.3 Å². The first-order valence-electron chi connectivity index (χ1n) is 11.2. The van der Waals surface area contributed by atoms with Crippen LogP contribution in [-0.4, -0.2) is 41.4 Å². The Balaban J connectivity index is 1.34. The van der Waals surface area contributed by atoms with Crippen molar-refractivity contribution in [1.82, 2.24) is 0 Å². The number of halogens is 1. The van der Waals surface area contributed by atoms with Crippen LogP contribution in [0.2, 0.25) is 0 Å². The van der Waals surface area contributed by atoms with Crippen molar-refractivity contribution in [3.05, 3.63) is 11.6 Å². The van der Waals surface area contributed by atoms with Gasteiger partial charge in [0.2, 0.25) is 0 Å². The molecule has 0 aromatic carbocycles. The highest BCUT2D eigenvalue weighted by Gasteiger charge is 2.72. The molecule has 0 aromatic rings. The van der Waals surface area contributed by atoms with Crippen molar-refractivity contribution < 1.29 is 19.4 Å². The average Bonchev–Trinajstić information content (AvgIpc) is 3.26. The third kappa shape index (κ3) is 2.08. The SMILES string of the molecule is C[C@]12CC[C@H]3[C@@H](CC4OC[C@@]35CC[C@H](O)C[C@]45Cl)[C@H]1CC[C@@H]2C1=CC(=O)OC1. The summed E-state index contributed by atoms with van der Waals surface area (Å²) in [7, 11) is 0. The standard InChI is InChI=1S/C23H31ClO4/c1-21-6-5-18-15(17(21)3-2-16(21)13-8-20(26)27-11-13)9-19-23(24)10-14(25)4-7-22(18,23)12-28-19/h8,14-19,25H,2-7,9-12H2,1H3/t14-,15-,16+,17+,18-,19?,21+,22-,23-/m0/s1. The van der Waals surface area contributed by atoms with Crippen LogP contribution in [0.1, 0.15) is 58.3 Å². The van der Waals surface area contributed by atoms with E-state index in [0.717, 1.165) is 25.9 Å². The van der Waals surface area contributed by atoms with E-state index in [1.807, 2.05) is 0 Å². The number of carbonyl (C=O) groups excluding carboxylic acids is 1. The summed E-state index contributed by atoms with van der Waals surface area (Å²) in [6, 6.07) is 0. The maximum absolute atomic E-state index is 11.7. The number of esters is 1. The van der Waals surface area contributed by atoms with E-state index < -0.39 is 0 Å². The number of rotatable bonds is 1. The van der Waals surface area contributed by atoms with Crippen LogP contribution in [0.4, 0.5) is 0 Å². The Bertz CT molecular complexity index is 751. The van der Waals surface area contributed by atoms with Crippen LogP contribution in [0.3, 0.4) is 0 Å². The van der Waals surface area contributed by atoms with E-state index in [0.29, 0.717) is 36.7 Å². The second-order valence-corrected chi connectivity index (χ2v) is 11.5. The lowest BCUT2D eigenvalue weighted by atomic mass is 9.44. The summed E-state index contributed by atoms with van der Waals surface area (Å²) in [4.78, 5) is 11.3. The molecule has 4 aliphatic carbocycles. The molecule has 6 rings (SSSR count). The Morgan fingerprint density at radius 3 is 2.82 bits per heavy atom. The number of ether oxygens (including phenoxy) is 2. The summed E-state index contributed by atoms with van der Waals surface area (Å²) in [6.45, 7) is 3.76. The minimum absolute atomic E-state index is 0.0481. The lowest BCUT2D eigenvalue weighted by molar-refractivity contribution is -0.135. The van der Waals surface area contributed by atoms with Gasteiger partial charge in [-0.15, -0.1) is 11.6 Å². The van der Waals surface area contributed by atoms with E-state index in [-0.39, 0.29) is 33.9 Å². The van der Waals surface area contributed by atoms with Gasteiger partial charge in [-0.2, -0.15) is 0 Å². The molecule has 5 fully saturated rings. The third-order valence-corrected chi connectivity index (χ3v) is 10.9. The third-order valence-electron chi connectivity index (χ3n) is 10.1. The fourth-order valence-electron chi connectivity index (χ4n) is 8.91. The van der Waals surface area contributed by atoms with Crippen molar-refractivity contribution in [2.45, 2.75) is 75.4 Å². The number of hydrogen-bond acceptors (Lipinski definition) is 4. The Morgan fingerprint density at radius 1 is 1.18 bits per heavy atom. The van der Waals surface area contributed by atoms with Crippen molar-refractivity contribution in [3.8, 4) is 0 Å². The van der Waals surface area contributed by atoms with Crippen molar-refractivity contribution in [1.29, 1.82) is 0 Å². The zero-order chi connectivity index (χ0) is 19.3. The molecular weight excluding hydrogens is 376 g/mol. The Morgan fingerprint density at radius 2 is 2.04 bits per heavy atom. The molecule has 4 saturated carbocycles. The largest absolute Gasteiger partial charge is 0.458 e. The molecule has 0 amide bonds. The molecule has 0 aromatic heterocycles. The van der Waals surface area contributed by atoms with Gasteiger partial charge in [-0.3, -0.25) is 0 Å². The van der Waals surface area contributed by atoms with Gasteiger partial charge in [0.05, 0.1) is 23.7 Å². The van der Waals surface area contributed by atoms with E-state index in [1.165, 1.54) is 31.3 Å². The average molecular weight is 407 g/mol. The number of carbonyl (C=O) groups is 1. The van der Waals surface area contributed by atoms with Crippen LogP contribution in [0.15, 0.2) is 11.6 Å². The van der Waals surface area contributed by atoms with Gasteiger partial charge in [-0.05, 0) is 86.0 Å². The molecule has 1 N–H and O–H groups in total. The van der Waals surface area contributed by atoms with Crippen LogP contribution in [0.25, 0.3) is 0 Å². The van der Waals surface area contributed by atoms with Gasteiger partial charge in [0.25, 0.3) is 0 Å². The van der Waals surface area contributed by atoms with Gasteiger partial charge in [0.15, 0.2) is 0 Å². The van der Waals surface area contributed by atoms with Crippen molar-refractivity contribution >= 4 is 17.6 Å². The molecule has 154 valence electrons. The molecule has 1 unspecified atom stereocenters. The molecule has 0 spiro atoms. The van der Waals surface area contributed by atoms with Crippen LogP contribution < -0.4 is 0 Å². The molecule has 28 heavy (non-hydrogen) atoms. The maximum atomic E-state index is 11.7. The second-order valence-electron chi connectivity index (χ2n) is 10.8. The van der Waals surface area contributed by atoms with E-state index in [4.69, 9.17) is 21.1 Å². The van der Waals surface area contributed by atoms with Crippen LogP contribution >= 0.6 is 11.6 Å². The zero-order valence-electron chi connectivity index (χ0n) is 16.7. The van der Waals surface area contributed by atoms with E-state index in [9.17, 15) is 9.90 Å². The summed E-state index contributed by atoms with van der Waals surface area (Å²) >= 11 is 7.32. The van der Waals surface area contributed by atoms with Crippen molar-refractivity contribution in [3.63, 3.8) is 0 Å². The molecule has 2 heterocycles. The van der Waals surface area contributed by atoms with E-state index in [1.54, 1.807) is 6.08 Å². The smallest absolute Gasteiger partial charge is 0.331 e. The van der Waals surface area contributed by atoms with Crippen molar-refractivity contribution in [2.75, 3.05) is 13.2 Å². The number of aliphatic hydroxyl groups is 1. The fourth-order valence-corrected chi connectivity index (χ4v) is 9.53. The number of aliphatic hydroxyl groups excluding tert-OH is 1. The molecule has 6 aliphatic rings. The Labute approximate surface area is 172 Å². The Kier molecular flexibility index (Phi) is 3.75. The first-order chi connectivity index (χ1) is 13.4. The van der Waals surface area contributed by atoms with E-state index in [2.05, 4.69) is 6.92 Å². The monoisotopic (exact) mass is 406 g/mol. The molecule has 1 saturated heterocycles. The summed E-state index contributed by atoms with van der Waals surface area (Å²) in [5.74, 6) is 2.28. The lowest BCUT2D eigenvalue weighted by Gasteiger charge is -2.62. The highest BCUT2D eigenvalue weighted by atomic mass is 35.5. The number of fused-ring (bicyclic) bond motifs is 3. The number of alkyl halides is 1. The van der Waals surface area contributed by atoms with Crippen molar-refractivity contribution in [2.24, 2.45) is 34.5 Å². The lowest BCUT2D eigenvalue weighted by Crippen LogP contribution is -2.63. The van der Waals surface area contributed by atoms with Gasteiger partial charge >= 0.3 is 5.97 Å². The first-order valence-corrected chi connectivity index (χ1v) is 11.6. The predicted octanol–water partition coefficient (Wildman–Crippen LogP) is 3.84. The topological polar surface area (TPSA) is 55.8 Å². The normalized spacial score (nSPS) is 57.2. The quantitative estimate of drug-likeness (QED) is 0.531. The highest BCUT2D eigenvalue weighted by molar-refractivity contribution is 6.25. The molecule has 2 bridgehead atoms. The van der Waals surface area contributed by atoms with Gasteiger partial charge in [0.1, 0.15) is 6.61 Å². The zero-order valence-corrected chi connectivity index (χ0v) is 17.4. The number of cyclic esters (lactones) is 1. The first kappa shape index (κ1) is 18.2. The molecule has 9 atom stereocenters. The summed E-state index contributed by atoms with van der Waals surface area (Å²) in [5, 5.41) is 10.4. The van der Waals surface area contributed by atoms with Gasteiger partial charge in [0, 0.05) is 11.5 Å². The van der Waals surface area contributed by atoms with Crippen LogP contribution in [0, 0.1) is 34.5 Å². The molecule has 5 heteroatoms. The highest BCUT2D eigenvalue weighted by Crippen LogP contribution is 2.72. The number of hydrogen-bond donors (Lipinski definition) is 1. The predicted molar refractivity (Wildman–Crippen MR) is 105 cm³/mol. The summed E-state index contributed by atoms with van der Waals surface area (Å²) < 4.78 is 11.6. The van der Waals surface area contributed by atoms with Crippen LogP contribution in [0.5, 0.6) is 0 Å². The minimum Gasteiger partial charge on any atom is -0.458 e. The fraction of sp³-hybridized carbons (Fsp3) is 0.870. The second kappa shape index (κ2) is 5.76. The summed E-state index contributed by atoms with van der Waals surface area (Å²) in [5.41, 5.74) is 1.54. The van der Waals surface area contributed by atoms with Gasteiger partial charge in [-0.25, -0.2) is 4.79 Å². The molecule has 2 aliphatic heterocycles. The Hall–Kier alpha value is -0.580. The molecule has 4 nitrogen and oxygen atoms in total. The van der Waals surface area contributed by atoms with Gasteiger partial charge < -0.3 is 14.6 Å².